The number of aryl methyl sites for hydroxylation is 1. The van der Waals surface area contributed by atoms with Crippen LogP contribution in [-0.4, -0.2) is 34.5 Å². The van der Waals surface area contributed by atoms with Crippen molar-refractivity contribution in [1.29, 1.82) is 0 Å². The van der Waals surface area contributed by atoms with Gasteiger partial charge >= 0.3 is 5.97 Å². The minimum atomic E-state index is -0.590. The Balaban J connectivity index is 1.57. The average Bonchev–Trinajstić information content (AvgIpc) is 3.40. The molecule has 8 heteroatoms. The van der Waals surface area contributed by atoms with E-state index in [4.69, 9.17) is 14.2 Å². The Bertz CT molecular complexity index is 1450. The monoisotopic (exact) mass is 496 g/mol. The van der Waals surface area contributed by atoms with Crippen molar-refractivity contribution >= 4 is 17.6 Å². The van der Waals surface area contributed by atoms with Crippen molar-refractivity contribution in [1.82, 2.24) is 14.8 Å². The minimum absolute atomic E-state index is 0.246. The standard InChI is InChI=1S/C29H28N4O4/c1-4-36-28(34)25-26(21-11-6-5-7-12-21)32-29-30-18-31-33(29)27(25)22-13-14-23(24(16-22)35-3)37-17-20-10-8-9-19(2)15-20/h5-16,18,27H,4,17H2,1-3H3,(H,30,31,32). The second kappa shape index (κ2) is 10.6. The van der Waals surface area contributed by atoms with Gasteiger partial charge in [0.2, 0.25) is 5.95 Å². The summed E-state index contributed by atoms with van der Waals surface area (Å²) in [6, 6.07) is 22.9. The smallest absolute Gasteiger partial charge is 0.338 e. The number of carbonyl (C=O) groups excluding carboxylic acids is 1. The van der Waals surface area contributed by atoms with Crippen LogP contribution in [0.5, 0.6) is 11.5 Å². The molecule has 0 radical (unpaired) electrons. The molecule has 8 nitrogen and oxygen atoms in total. The van der Waals surface area contributed by atoms with E-state index in [0.717, 1.165) is 16.7 Å². The highest BCUT2D eigenvalue weighted by Crippen LogP contribution is 2.41. The van der Waals surface area contributed by atoms with E-state index in [0.29, 0.717) is 35.3 Å². The summed E-state index contributed by atoms with van der Waals surface area (Å²) < 4.78 is 19.0. The fourth-order valence-corrected chi connectivity index (χ4v) is 4.47. The van der Waals surface area contributed by atoms with E-state index in [1.165, 1.54) is 11.9 Å². The second-order valence-electron chi connectivity index (χ2n) is 8.62. The molecule has 1 unspecified atom stereocenters. The van der Waals surface area contributed by atoms with Crippen molar-refractivity contribution in [2.75, 3.05) is 19.0 Å². The summed E-state index contributed by atoms with van der Waals surface area (Å²) in [5.74, 6) is 1.25. The van der Waals surface area contributed by atoms with Crippen molar-refractivity contribution in [2.24, 2.45) is 0 Å². The van der Waals surface area contributed by atoms with Gasteiger partial charge in [-0.3, -0.25) is 0 Å². The molecule has 0 amide bonds. The lowest BCUT2D eigenvalue weighted by molar-refractivity contribution is -0.138. The number of methoxy groups -OCH3 is 1. The van der Waals surface area contributed by atoms with E-state index in [2.05, 4.69) is 34.5 Å². The van der Waals surface area contributed by atoms with Crippen LogP contribution in [0.3, 0.4) is 0 Å². The summed E-state index contributed by atoms with van der Waals surface area (Å²) in [6.45, 7) is 4.49. The van der Waals surface area contributed by atoms with Gasteiger partial charge in [-0.15, -0.1) is 0 Å². The van der Waals surface area contributed by atoms with Gasteiger partial charge in [-0.25, -0.2) is 9.48 Å². The van der Waals surface area contributed by atoms with Crippen LogP contribution in [0.2, 0.25) is 0 Å². The maximum atomic E-state index is 13.4. The zero-order chi connectivity index (χ0) is 25.8. The maximum absolute atomic E-state index is 13.4. The molecule has 37 heavy (non-hydrogen) atoms. The zero-order valence-electron chi connectivity index (χ0n) is 21.0. The second-order valence-corrected chi connectivity index (χ2v) is 8.62. The van der Waals surface area contributed by atoms with Gasteiger partial charge in [-0.05, 0) is 42.7 Å². The van der Waals surface area contributed by atoms with Gasteiger partial charge in [-0.2, -0.15) is 10.1 Å². The van der Waals surface area contributed by atoms with E-state index < -0.39 is 12.0 Å². The highest BCUT2D eigenvalue weighted by Gasteiger charge is 2.36. The largest absolute Gasteiger partial charge is 0.493 e. The Kier molecular flexibility index (Phi) is 6.89. The van der Waals surface area contributed by atoms with Crippen LogP contribution in [0.15, 0.2) is 84.7 Å². The molecule has 1 atom stereocenters. The van der Waals surface area contributed by atoms with Crippen molar-refractivity contribution in [3.63, 3.8) is 0 Å². The Hall–Kier alpha value is -4.59. The number of aromatic nitrogens is 3. The Morgan fingerprint density at radius 2 is 1.86 bits per heavy atom. The summed E-state index contributed by atoms with van der Waals surface area (Å²) >= 11 is 0. The van der Waals surface area contributed by atoms with Crippen LogP contribution in [0, 0.1) is 6.92 Å². The van der Waals surface area contributed by atoms with Gasteiger partial charge in [-0.1, -0.05) is 66.2 Å². The minimum Gasteiger partial charge on any atom is -0.493 e. The molecule has 1 aromatic heterocycles. The molecule has 5 rings (SSSR count). The molecular weight excluding hydrogens is 468 g/mol. The van der Waals surface area contributed by atoms with Crippen molar-refractivity contribution < 1.29 is 19.0 Å². The lowest BCUT2D eigenvalue weighted by Gasteiger charge is -2.30. The molecule has 0 bridgehead atoms. The first-order chi connectivity index (χ1) is 18.1. The Morgan fingerprint density at radius 1 is 1.03 bits per heavy atom. The van der Waals surface area contributed by atoms with Crippen molar-refractivity contribution in [3.05, 3.63) is 107 Å². The summed E-state index contributed by atoms with van der Waals surface area (Å²) in [6.07, 6.45) is 1.46. The fraction of sp³-hybridized carbons (Fsp3) is 0.207. The predicted octanol–water partition coefficient (Wildman–Crippen LogP) is 5.16. The number of hydrogen-bond donors (Lipinski definition) is 1. The van der Waals surface area contributed by atoms with E-state index in [1.54, 1.807) is 18.7 Å². The molecule has 1 aliphatic rings. The summed E-state index contributed by atoms with van der Waals surface area (Å²) in [7, 11) is 1.60. The highest BCUT2D eigenvalue weighted by atomic mass is 16.5. The molecule has 0 spiro atoms. The number of hydrogen-bond acceptors (Lipinski definition) is 7. The first-order valence-corrected chi connectivity index (χ1v) is 12.1. The lowest BCUT2D eigenvalue weighted by atomic mass is 9.92. The topological polar surface area (TPSA) is 87.5 Å². The molecule has 188 valence electrons. The van der Waals surface area contributed by atoms with E-state index >= 15 is 0 Å². The van der Waals surface area contributed by atoms with E-state index in [9.17, 15) is 4.79 Å². The third-order valence-corrected chi connectivity index (χ3v) is 6.14. The molecule has 4 aromatic rings. The molecule has 2 heterocycles. The van der Waals surface area contributed by atoms with Gasteiger partial charge in [0.1, 0.15) is 19.0 Å². The van der Waals surface area contributed by atoms with E-state index in [-0.39, 0.29) is 6.61 Å². The van der Waals surface area contributed by atoms with Crippen LogP contribution in [0.1, 0.15) is 35.2 Å². The lowest BCUT2D eigenvalue weighted by Crippen LogP contribution is -2.30. The van der Waals surface area contributed by atoms with Crippen molar-refractivity contribution in [2.45, 2.75) is 26.5 Å². The molecular formula is C29H28N4O4. The van der Waals surface area contributed by atoms with Crippen LogP contribution in [-0.2, 0) is 16.1 Å². The molecule has 1 aliphatic heterocycles. The SMILES string of the molecule is CCOC(=O)C1=C(c2ccccc2)Nc2ncnn2C1c1ccc(OCc2cccc(C)c2)c(OC)c1. The number of nitrogens with one attached hydrogen (secondary N) is 1. The van der Waals surface area contributed by atoms with Crippen LogP contribution < -0.4 is 14.8 Å². The summed E-state index contributed by atoms with van der Waals surface area (Å²) in [4.78, 5) is 17.7. The molecule has 3 aromatic carbocycles. The number of esters is 1. The normalized spacial score (nSPS) is 14.5. The number of rotatable bonds is 8. The third-order valence-electron chi connectivity index (χ3n) is 6.14. The summed E-state index contributed by atoms with van der Waals surface area (Å²) in [5, 5.41) is 7.70. The molecule has 1 N–H and O–H groups in total. The summed E-state index contributed by atoms with van der Waals surface area (Å²) in [5.41, 5.74) is 4.92. The van der Waals surface area contributed by atoms with Gasteiger partial charge in [0.25, 0.3) is 0 Å². The molecule has 0 saturated heterocycles. The third kappa shape index (κ3) is 4.91. The number of ether oxygens (including phenoxy) is 3. The zero-order valence-corrected chi connectivity index (χ0v) is 21.0. The van der Waals surface area contributed by atoms with Crippen LogP contribution in [0.4, 0.5) is 5.95 Å². The fourth-order valence-electron chi connectivity index (χ4n) is 4.47. The first kappa shape index (κ1) is 24.1. The highest BCUT2D eigenvalue weighted by molar-refractivity contribution is 6.02. The Morgan fingerprint density at radius 3 is 2.62 bits per heavy atom. The average molecular weight is 497 g/mol. The van der Waals surface area contributed by atoms with Crippen molar-refractivity contribution in [3.8, 4) is 11.5 Å². The van der Waals surface area contributed by atoms with Gasteiger partial charge in [0, 0.05) is 0 Å². The van der Waals surface area contributed by atoms with Gasteiger partial charge in [0.05, 0.1) is 25.0 Å². The maximum Gasteiger partial charge on any atom is 0.338 e. The quantitative estimate of drug-likeness (QED) is 0.337. The number of benzene rings is 3. The number of nitrogens with zero attached hydrogens (tertiary/aromatic N) is 3. The van der Waals surface area contributed by atoms with Gasteiger partial charge < -0.3 is 19.5 Å². The molecule has 0 aliphatic carbocycles. The van der Waals surface area contributed by atoms with Crippen LogP contribution in [0.25, 0.3) is 5.70 Å². The van der Waals surface area contributed by atoms with Gasteiger partial charge in [0.15, 0.2) is 11.5 Å². The number of anilines is 1. The van der Waals surface area contributed by atoms with Crippen LogP contribution >= 0.6 is 0 Å². The molecule has 0 saturated carbocycles. The number of carbonyl (C=O) groups is 1. The van der Waals surface area contributed by atoms with E-state index in [1.807, 2.05) is 60.7 Å². The first-order valence-electron chi connectivity index (χ1n) is 12.1. The molecule has 0 fully saturated rings. The number of fused-ring (bicyclic) bond motifs is 1. The predicted molar refractivity (Wildman–Crippen MR) is 140 cm³/mol. The Labute approximate surface area is 215 Å².